The van der Waals surface area contributed by atoms with E-state index >= 15 is 0 Å². The predicted molar refractivity (Wildman–Crippen MR) is 80.2 cm³/mol. The second-order valence-corrected chi connectivity index (χ2v) is 6.35. The van der Waals surface area contributed by atoms with Crippen molar-refractivity contribution in [1.29, 1.82) is 0 Å². The van der Waals surface area contributed by atoms with Crippen molar-refractivity contribution < 1.29 is 9.90 Å². The van der Waals surface area contributed by atoms with Gasteiger partial charge in [0.15, 0.2) is 0 Å². The quantitative estimate of drug-likeness (QED) is 0.579. The first-order valence-electron chi connectivity index (χ1n) is 8.41. The Morgan fingerprint density at radius 3 is 2.21 bits per heavy atom. The second-order valence-electron chi connectivity index (χ2n) is 6.35. The molecule has 0 aromatic rings. The summed E-state index contributed by atoms with van der Waals surface area (Å²) in [7, 11) is 0. The Kier molecular flexibility index (Phi) is 8.16. The smallest absolute Gasteiger partial charge is 0.306 e. The van der Waals surface area contributed by atoms with E-state index in [1.165, 1.54) is 44.9 Å². The van der Waals surface area contributed by atoms with E-state index in [0.717, 1.165) is 37.5 Å². The van der Waals surface area contributed by atoms with Crippen LogP contribution >= 0.6 is 0 Å². The average Bonchev–Trinajstić information content (AvgIpc) is 2.42. The van der Waals surface area contributed by atoms with E-state index in [1.54, 1.807) is 0 Å². The largest absolute Gasteiger partial charge is 0.481 e. The lowest BCUT2D eigenvalue weighted by Gasteiger charge is -2.32. The van der Waals surface area contributed by atoms with Crippen LogP contribution in [0.3, 0.4) is 0 Å². The van der Waals surface area contributed by atoms with Crippen molar-refractivity contribution in [3.05, 3.63) is 0 Å². The summed E-state index contributed by atoms with van der Waals surface area (Å²) in [5, 5.41) is 9.07. The minimum absolute atomic E-state index is 0.0568. The van der Waals surface area contributed by atoms with Crippen molar-refractivity contribution in [2.24, 2.45) is 17.8 Å². The zero-order chi connectivity index (χ0) is 14.1. The molecular weight excluding hydrogens is 236 g/mol. The molecule has 2 nitrogen and oxygen atoms in total. The maximum absolute atomic E-state index is 11.0. The third-order valence-corrected chi connectivity index (χ3v) is 4.88. The Balaban J connectivity index is 2.33. The van der Waals surface area contributed by atoms with Gasteiger partial charge >= 0.3 is 5.97 Å². The van der Waals surface area contributed by atoms with E-state index in [-0.39, 0.29) is 5.92 Å². The number of carboxylic acids is 1. The minimum Gasteiger partial charge on any atom is -0.481 e. The van der Waals surface area contributed by atoms with Gasteiger partial charge in [0.2, 0.25) is 0 Å². The second kappa shape index (κ2) is 9.39. The van der Waals surface area contributed by atoms with E-state index in [9.17, 15) is 4.79 Å². The molecule has 0 aromatic carbocycles. The Morgan fingerprint density at radius 1 is 1.00 bits per heavy atom. The van der Waals surface area contributed by atoms with Gasteiger partial charge in [0, 0.05) is 0 Å². The molecule has 1 saturated carbocycles. The van der Waals surface area contributed by atoms with Crippen LogP contribution < -0.4 is 0 Å². The van der Waals surface area contributed by atoms with Crippen LogP contribution in [0, 0.1) is 17.8 Å². The van der Waals surface area contributed by atoms with Crippen LogP contribution in [0.4, 0.5) is 0 Å². The molecule has 0 heterocycles. The van der Waals surface area contributed by atoms with E-state index in [1.807, 2.05) is 0 Å². The molecule has 1 aliphatic rings. The van der Waals surface area contributed by atoms with Gasteiger partial charge in [-0.2, -0.15) is 0 Å². The van der Waals surface area contributed by atoms with Crippen molar-refractivity contribution in [2.45, 2.75) is 84.5 Å². The molecule has 1 N–H and O–H groups in total. The molecule has 2 heteroatoms. The summed E-state index contributed by atoms with van der Waals surface area (Å²) < 4.78 is 0. The average molecular weight is 268 g/mol. The van der Waals surface area contributed by atoms with Crippen molar-refractivity contribution in [1.82, 2.24) is 0 Å². The monoisotopic (exact) mass is 268 g/mol. The van der Waals surface area contributed by atoms with Gasteiger partial charge in [-0.15, -0.1) is 0 Å². The maximum atomic E-state index is 11.0. The summed E-state index contributed by atoms with van der Waals surface area (Å²) in [6.07, 6.45) is 13.5. The molecule has 0 saturated heterocycles. The molecule has 0 aromatic heterocycles. The topological polar surface area (TPSA) is 37.3 Å². The highest BCUT2D eigenvalue weighted by atomic mass is 16.4. The van der Waals surface area contributed by atoms with E-state index in [2.05, 4.69) is 13.8 Å². The number of hydrogen-bond donors (Lipinski definition) is 1. The number of hydrogen-bond acceptors (Lipinski definition) is 1. The number of carboxylic acid groups (broad SMARTS) is 1. The fourth-order valence-electron chi connectivity index (χ4n) is 3.66. The molecule has 0 spiro atoms. The van der Waals surface area contributed by atoms with Gasteiger partial charge in [-0.05, 0) is 37.5 Å². The first kappa shape index (κ1) is 16.5. The fourth-order valence-corrected chi connectivity index (χ4v) is 3.66. The van der Waals surface area contributed by atoms with Crippen molar-refractivity contribution in [3.63, 3.8) is 0 Å². The first-order chi connectivity index (χ1) is 9.19. The molecule has 0 aliphatic heterocycles. The predicted octanol–water partition coefficient (Wildman–Crippen LogP) is 5.26. The van der Waals surface area contributed by atoms with E-state index < -0.39 is 5.97 Å². The van der Waals surface area contributed by atoms with E-state index in [4.69, 9.17) is 5.11 Å². The number of aliphatic carboxylic acids is 1. The molecule has 1 unspecified atom stereocenters. The number of rotatable bonds is 9. The molecule has 0 radical (unpaired) electrons. The van der Waals surface area contributed by atoms with Crippen LogP contribution in [-0.4, -0.2) is 11.1 Å². The van der Waals surface area contributed by atoms with Crippen LogP contribution in [0.5, 0.6) is 0 Å². The summed E-state index contributed by atoms with van der Waals surface area (Å²) in [5.74, 6) is 1.03. The summed E-state index contributed by atoms with van der Waals surface area (Å²) in [5.41, 5.74) is 0. The van der Waals surface area contributed by atoms with Gasteiger partial charge in [-0.1, -0.05) is 58.8 Å². The number of carbonyl (C=O) groups is 1. The van der Waals surface area contributed by atoms with Gasteiger partial charge in [-0.25, -0.2) is 0 Å². The van der Waals surface area contributed by atoms with Crippen molar-refractivity contribution >= 4 is 5.97 Å². The van der Waals surface area contributed by atoms with Gasteiger partial charge in [0.1, 0.15) is 0 Å². The minimum atomic E-state index is -0.576. The summed E-state index contributed by atoms with van der Waals surface area (Å²) >= 11 is 0. The molecular formula is C17H32O2. The van der Waals surface area contributed by atoms with Crippen LogP contribution in [0.1, 0.15) is 84.5 Å². The lowest BCUT2D eigenvalue weighted by Crippen LogP contribution is -2.25. The van der Waals surface area contributed by atoms with Crippen molar-refractivity contribution in [2.75, 3.05) is 0 Å². The first-order valence-corrected chi connectivity index (χ1v) is 8.41. The Bertz CT molecular complexity index is 242. The highest BCUT2D eigenvalue weighted by Crippen LogP contribution is 2.37. The van der Waals surface area contributed by atoms with Crippen LogP contribution in [0.2, 0.25) is 0 Å². The molecule has 1 fully saturated rings. The van der Waals surface area contributed by atoms with Gasteiger partial charge in [0.05, 0.1) is 5.92 Å². The fraction of sp³-hybridized carbons (Fsp3) is 0.941. The Morgan fingerprint density at radius 2 is 1.68 bits per heavy atom. The molecule has 1 atom stereocenters. The lowest BCUT2D eigenvalue weighted by atomic mass is 9.73. The third kappa shape index (κ3) is 5.97. The zero-order valence-electron chi connectivity index (χ0n) is 12.9. The summed E-state index contributed by atoms with van der Waals surface area (Å²) in [6, 6.07) is 0. The number of unbranched alkanes of at least 4 members (excludes halogenated alkanes) is 3. The van der Waals surface area contributed by atoms with Crippen molar-refractivity contribution in [3.8, 4) is 0 Å². The SMILES string of the molecule is CCCCCCC(CCC)C1CCC(C(=O)O)CC1. The maximum Gasteiger partial charge on any atom is 0.306 e. The highest BCUT2D eigenvalue weighted by molar-refractivity contribution is 5.69. The normalized spacial score (nSPS) is 25.2. The van der Waals surface area contributed by atoms with Crippen LogP contribution in [-0.2, 0) is 4.79 Å². The summed E-state index contributed by atoms with van der Waals surface area (Å²) in [6.45, 7) is 4.54. The van der Waals surface area contributed by atoms with Gasteiger partial charge < -0.3 is 5.11 Å². The lowest BCUT2D eigenvalue weighted by molar-refractivity contribution is -0.143. The van der Waals surface area contributed by atoms with E-state index in [0.29, 0.717) is 0 Å². The zero-order valence-corrected chi connectivity index (χ0v) is 12.9. The Hall–Kier alpha value is -0.530. The van der Waals surface area contributed by atoms with Crippen LogP contribution in [0.25, 0.3) is 0 Å². The molecule has 19 heavy (non-hydrogen) atoms. The summed E-state index contributed by atoms with van der Waals surface area (Å²) in [4.78, 5) is 11.0. The van der Waals surface area contributed by atoms with Crippen LogP contribution in [0.15, 0.2) is 0 Å². The Labute approximate surface area is 119 Å². The molecule has 0 bridgehead atoms. The standard InChI is InChI=1S/C17H32O2/c1-3-5-6-7-9-14(8-4-2)15-10-12-16(13-11-15)17(18)19/h14-16H,3-13H2,1-2H3,(H,18,19). The van der Waals surface area contributed by atoms with Gasteiger partial charge in [0.25, 0.3) is 0 Å². The highest BCUT2D eigenvalue weighted by Gasteiger charge is 2.29. The molecule has 1 aliphatic carbocycles. The van der Waals surface area contributed by atoms with Gasteiger partial charge in [-0.3, -0.25) is 4.79 Å². The molecule has 0 amide bonds. The molecule has 1 rings (SSSR count). The third-order valence-electron chi connectivity index (χ3n) is 4.88. The molecule has 112 valence electrons.